The third kappa shape index (κ3) is 4.60. The molecule has 0 saturated heterocycles. The highest BCUT2D eigenvalue weighted by Gasteiger charge is 2.22. The van der Waals surface area contributed by atoms with Gasteiger partial charge >= 0.3 is 0 Å². The van der Waals surface area contributed by atoms with Gasteiger partial charge in [0.2, 0.25) is 6.79 Å². The normalized spacial score (nSPS) is 12.4. The van der Waals surface area contributed by atoms with Crippen LogP contribution in [0.15, 0.2) is 53.3 Å². The van der Waals surface area contributed by atoms with E-state index in [4.69, 9.17) is 23.9 Å². The van der Waals surface area contributed by atoms with E-state index in [1.165, 1.54) is 11.3 Å². The number of aromatic nitrogens is 2. The van der Waals surface area contributed by atoms with Gasteiger partial charge < -0.3 is 24.1 Å². The Hall–Kier alpha value is -4.24. The van der Waals surface area contributed by atoms with Crippen LogP contribution in [0.1, 0.15) is 42.3 Å². The maximum absolute atomic E-state index is 14.4. The van der Waals surface area contributed by atoms with Crippen LogP contribution in [0.2, 0.25) is 0 Å². The number of unbranched alkanes of at least 4 members (excludes halogenated alkanes) is 1. The molecule has 0 saturated carbocycles. The van der Waals surface area contributed by atoms with E-state index >= 15 is 0 Å². The molecule has 5 aromatic rings. The molecule has 6 rings (SSSR count). The summed E-state index contributed by atoms with van der Waals surface area (Å²) in [5.41, 5.74) is 2.75. The molecular weight excluding hydrogens is 528 g/mol. The fourth-order valence-corrected chi connectivity index (χ4v) is 6.36. The van der Waals surface area contributed by atoms with Crippen molar-refractivity contribution in [2.45, 2.75) is 39.2 Å². The van der Waals surface area contributed by atoms with Gasteiger partial charge in [-0.2, -0.15) is 0 Å². The molecule has 9 heteroatoms. The maximum atomic E-state index is 14.4. The van der Waals surface area contributed by atoms with E-state index in [0.717, 1.165) is 41.3 Å². The first-order valence-electron chi connectivity index (χ1n) is 13.3. The highest BCUT2D eigenvalue weighted by Crippen LogP contribution is 2.40. The fourth-order valence-electron chi connectivity index (χ4n) is 5.22. The van der Waals surface area contributed by atoms with Crippen LogP contribution in [0, 0.1) is 0 Å². The van der Waals surface area contributed by atoms with Crippen LogP contribution in [-0.2, 0) is 19.4 Å². The van der Waals surface area contributed by atoms with E-state index in [9.17, 15) is 9.90 Å². The zero-order chi connectivity index (χ0) is 27.8. The lowest BCUT2D eigenvalue weighted by atomic mass is 10.0. The van der Waals surface area contributed by atoms with Crippen LogP contribution in [0.25, 0.3) is 20.3 Å². The van der Waals surface area contributed by atoms with Crippen molar-refractivity contribution in [1.29, 1.82) is 0 Å². The van der Waals surface area contributed by atoms with Crippen LogP contribution >= 0.6 is 11.3 Å². The van der Waals surface area contributed by atoms with Gasteiger partial charge in [0.05, 0.1) is 30.9 Å². The molecule has 0 atom stereocenters. The molecular formula is C31H30N2O6S. The summed E-state index contributed by atoms with van der Waals surface area (Å²) in [6.45, 7) is 2.63. The number of thiophene rings is 1. The van der Waals surface area contributed by atoms with E-state index in [1.807, 2.05) is 42.5 Å². The number of nitrogens with zero attached hydrogens (tertiary/aromatic N) is 2. The number of phenols is 1. The Morgan fingerprint density at radius 2 is 1.77 bits per heavy atom. The molecule has 1 aliphatic heterocycles. The second-order valence-electron chi connectivity index (χ2n) is 9.81. The topological polar surface area (TPSA) is 92.0 Å². The summed E-state index contributed by atoms with van der Waals surface area (Å²) in [7, 11) is 3.20. The van der Waals surface area contributed by atoms with Gasteiger partial charge in [-0.1, -0.05) is 31.5 Å². The molecule has 0 fully saturated rings. The van der Waals surface area contributed by atoms with E-state index in [2.05, 4.69) is 6.92 Å². The molecule has 3 heterocycles. The molecule has 40 heavy (non-hydrogen) atoms. The summed E-state index contributed by atoms with van der Waals surface area (Å²) in [5, 5.41) is 12.1. The number of benzene rings is 3. The minimum absolute atomic E-state index is 0.132. The quantitative estimate of drug-likeness (QED) is 0.236. The lowest BCUT2D eigenvalue weighted by Gasteiger charge is -2.15. The van der Waals surface area contributed by atoms with Crippen molar-refractivity contribution >= 4 is 31.6 Å². The summed E-state index contributed by atoms with van der Waals surface area (Å²) in [6, 6.07) is 15.1. The lowest BCUT2D eigenvalue weighted by Crippen LogP contribution is -2.26. The predicted octanol–water partition coefficient (Wildman–Crippen LogP) is 6.04. The summed E-state index contributed by atoms with van der Waals surface area (Å²) in [4.78, 5) is 20.0. The van der Waals surface area contributed by atoms with Crippen LogP contribution in [0.4, 0.5) is 0 Å². The van der Waals surface area contributed by atoms with E-state index in [0.29, 0.717) is 56.7 Å². The number of hydrogen-bond acceptors (Lipinski definition) is 8. The first kappa shape index (κ1) is 26.0. The van der Waals surface area contributed by atoms with Gasteiger partial charge in [-0.3, -0.25) is 9.36 Å². The fraction of sp³-hybridized carbons (Fsp3) is 0.290. The van der Waals surface area contributed by atoms with Gasteiger partial charge in [0.15, 0.2) is 23.0 Å². The minimum Gasteiger partial charge on any atom is -0.506 e. The Balaban J connectivity index is 1.54. The van der Waals surface area contributed by atoms with Gasteiger partial charge in [-0.15, -0.1) is 11.3 Å². The molecule has 0 unspecified atom stereocenters. The highest BCUT2D eigenvalue weighted by molar-refractivity contribution is 7.25. The third-order valence-corrected chi connectivity index (χ3v) is 8.38. The Morgan fingerprint density at radius 1 is 0.975 bits per heavy atom. The largest absolute Gasteiger partial charge is 0.506 e. The molecule has 0 amide bonds. The summed E-state index contributed by atoms with van der Waals surface area (Å²) < 4.78 is 24.4. The number of aryl methyl sites for hydroxylation is 1. The smallest absolute Gasteiger partial charge is 0.263 e. The first-order chi connectivity index (χ1) is 19.5. The molecule has 1 N–H and O–H groups in total. The molecule has 0 spiro atoms. The maximum Gasteiger partial charge on any atom is 0.263 e. The van der Waals surface area contributed by atoms with Crippen molar-refractivity contribution in [3.63, 3.8) is 0 Å². The van der Waals surface area contributed by atoms with Crippen molar-refractivity contribution in [1.82, 2.24) is 9.55 Å². The van der Waals surface area contributed by atoms with Crippen LogP contribution in [-0.4, -0.2) is 35.7 Å². The molecule has 1 aliphatic rings. The van der Waals surface area contributed by atoms with Crippen LogP contribution < -0.4 is 24.5 Å². The molecule has 206 valence electrons. The molecule has 8 nitrogen and oxygen atoms in total. The Bertz CT molecular complexity index is 1790. The first-order valence-corrected chi connectivity index (χ1v) is 14.1. The van der Waals surface area contributed by atoms with Gasteiger partial charge in [0, 0.05) is 11.8 Å². The number of ether oxygens (including phenoxy) is 4. The summed E-state index contributed by atoms with van der Waals surface area (Å²) in [5.74, 6) is 3.37. The van der Waals surface area contributed by atoms with Gasteiger partial charge in [0.1, 0.15) is 16.4 Å². The van der Waals surface area contributed by atoms with Crippen molar-refractivity contribution in [2.24, 2.45) is 0 Å². The molecule has 2 aromatic heterocycles. The summed E-state index contributed by atoms with van der Waals surface area (Å²) in [6.07, 6.45) is 3.26. The minimum atomic E-state index is -0.132. The number of hydrogen-bond donors (Lipinski definition) is 1. The lowest BCUT2D eigenvalue weighted by molar-refractivity contribution is 0.174. The monoisotopic (exact) mass is 558 g/mol. The standard InChI is InChI=1S/C31H30N2O6S/c1-4-5-6-20-9-10-21(34)29-27(20)28-30(40-29)32-26(15-18-7-11-22(36-2)24(13-18)37-3)33(31(28)35)16-19-8-12-23-25(14-19)39-17-38-23/h7-14,34H,4-6,15-17H2,1-3H3. The van der Waals surface area contributed by atoms with Gasteiger partial charge in [-0.05, 0) is 59.9 Å². The van der Waals surface area contributed by atoms with Crippen LogP contribution in [0.3, 0.4) is 0 Å². The Morgan fingerprint density at radius 3 is 2.58 bits per heavy atom. The molecule has 0 aliphatic carbocycles. The summed E-state index contributed by atoms with van der Waals surface area (Å²) >= 11 is 1.36. The van der Waals surface area contributed by atoms with E-state index < -0.39 is 0 Å². The number of aromatic hydroxyl groups is 1. The average molecular weight is 559 g/mol. The van der Waals surface area contributed by atoms with Crippen molar-refractivity contribution in [2.75, 3.05) is 21.0 Å². The number of rotatable bonds is 9. The van der Waals surface area contributed by atoms with E-state index in [1.54, 1.807) is 24.9 Å². The van der Waals surface area contributed by atoms with Crippen molar-refractivity contribution in [3.8, 4) is 28.7 Å². The second kappa shape index (κ2) is 10.7. The number of phenolic OH excluding ortho intramolecular Hbond substituents is 1. The zero-order valence-electron chi connectivity index (χ0n) is 22.7. The Kier molecular flexibility index (Phi) is 6.98. The number of fused-ring (bicyclic) bond motifs is 4. The zero-order valence-corrected chi connectivity index (χ0v) is 23.5. The molecule has 3 aromatic carbocycles. The SMILES string of the molecule is CCCCc1ccc(O)c2sc3nc(Cc4ccc(OC)c(OC)c4)n(Cc4ccc5c(c4)OCO5)c(=O)c3c12. The van der Waals surface area contributed by atoms with Crippen LogP contribution in [0.5, 0.6) is 28.7 Å². The van der Waals surface area contributed by atoms with Crippen molar-refractivity contribution in [3.05, 3.63) is 81.4 Å². The van der Waals surface area contributed by atoms with Gasteiger partial charge in [0.25, 0.3) is 5.56 Å². The van der Waals surface area contributed by atoms with E-state index in [-0.39, 0.29) is 18.1 Å². The highest BCUT2D eigenvalue weighted by atomic mass is 32.1. The second-order valence-corrected chi connectivity index (χ2v) is 10.8. The van der Waals surface area contributed by atoms with Gasteiger partial charge in [-0.25, -0.2) is 4.98 Å². The molecule has 0 radical (unpaired) electrons. The predicted molar refractivity (Wildman–Crippen MR) is 156 cm³/mol. The van der Waals surface area contributed by atoms with Crippen molar-refractivity contribution < 1.29 is 24.1 Å². The Labute approximate surface area is 235 Å². The third-order valence-electron chi connectivity index (χ3n) is 7.27. The molecule has 0 bridgehead atoms. The average Bonchev–Trinajstić information content (AvgIpc) is 3.60. The number of methoxy groups -OCH3 is 2.